The Balaban J connectivity index is 1.38. The van der Waals surface area contributed by atoms with Gasteiger partial charge in [-0.05, 0) is 112 Å². The summed E-state index contributed by atoms with van der Waals surface area (Å²) >= 11 is 0. The van der Waals surface area contributed by atoms with Crippen LogP contribution >= 0.6 is 0 Å². The van der Waals surface area contributed by atoms with Crippen LogP contribution in [0.15, 0.2) is 102 Å². The fraction of sp³-hybridized carbons (Fsp3) is 0.579. The van der Waals surface area contributed by atoms with Crippen LogP contribution in [0.2, 0.25) is 0 Å². The molecule has 1 aliphatic heterocycles. The third-order valence-electron chi connectivity index (χ3n) is 13.8. The summed E-state index contributed by atoms with van der Waals surface area (Å²) < 4.78 is 27.1. The Labute approximate surface area is 401 Å². The molecule has 0 bridgehead atoms. The quantitative estimate of drug-likeness (QED) is 0.0441. The molecule has 6 unspecified atom stereocenters. The van der Waals surface area contributed by atoms with Crippen LogP contribution in [-0.4, -0.2) is 77.8 Å². The van der Waals surface area contributed by atoms with Gasteiger partial charge in [0.05, 0.1) is 24.8 Å². The highest BCUT2D eigenvalue weighted by molar-refractivity contribution is 6.03. The third kappa shape index (κ3) is 13.8. The number of likely N-dealkylation sites (N-methyl/N-ethyl adjacent to an activating group) is 1. The maximum atomic E-state index is 14.3. The van der Waals surface area contributed by atoms with Crippen LogP contribution in [0.5, 0.6) is 17.2 Å². The molecule has 0 aromatic heterocycles. The number of ether oxygens (including phenoxy) is 4. The zero-order chi connectivity index (χ0) is 47.7. The summed E-state index contributed by atoms with van der Waals surface area (Å²) in [5, 5.41) is 24.9. The van der Waals surface area contributed by atoms with Crippen molar-refractivity contribution in [3.8, 4) is 28.4 Å². The van der Waals surface area contributed by atoms with E-state index in [1.54, 1.807) is 18.0 Å². The van der Waals surface area contributed by atoms with Crippen LogP contribution in [0.4, 0.5) is 4.79 Å². The summed E-state index contributed by atoms with van der Waals surface area (Å²) in [5.41, 5.74) is 4.41. The molecular formula is C57H80N2O8. The van der Waals surface area contributed by atoms with Crippen LogP contribution < -0.4 is 9.47 Å². The number of carbonyl (C=O) groups excluding carboxylic acids is 1. The molecule has 2 aliphatic carbocycles. The van der Waals surface area contributed by atoms with Gasteiger partial charge in [-0.1, -0.05) is 137 Å². The Morgan fingerprint density at radius 1 is 0.836 bits per heavy atom. The topological polar surface area (TPSA) is 119 Å². The molecule has 2 N–H and O–H groups in total. The highest BCUT2D eigenvalue weighted by Crippen LogP contribution is 2.62. The molecule has 1 amide bonds. The monoisotopic (exact) mass is 921 g/mol. The van der Waals surface area contributed by atoms with Gasteiger partial charge in [-0.3, -0.25) is 0 Å². The van der Waals surface area contributed by atoms with Crippen LogP contribution in [0.25, 0.3) is 11.1 Å². The number of unbranched alkanes of at least 4 members (excludes halogenated alkanes) is 11. The van der Waals surface area contributed by atoms with Crippen LogP contribution in [0, 0.1) is 17.8 Å². The minimum atomic E-state index is -1.36. The summed E-state index contributed by atoms with van der Waals surface area (Å²) in [6.45, 7) is 13.0. The lowest BCUT2D eigenvalue weighted by molar-refractivity contribution is -0.253. The van der Waals surface area contributed by atoms with Gasteiger partial charge in [-0.25, -0.2) is 4.79 Å². The second kappa shape index (κ2) is 25.6. The molecule has 3 aliphatic rings. The van der Waals surface area contributed by atoms with Crippen LogP contribution in [0.1, 0.15) is 148 Å². The van der Waals surface area contributed by atoms with Gasteiger partial charge in [0.1, 0.15) is 28.9 Å². The van der Waals surface area contributed by atoms with E-state index in [0.717, 1.165) is 78.7 Å². The van der Waals surface area contributed by atoms with Crippen molar-refractivity contribution in [1.29, 1.82) is 0 Å². The van der Waals surface area contributed by atoms with E-state index in [1.807, 2.05) is 63.2 Å². The van der Waals surface area contributed by atoms with Gasteiger partial charge in [0.15, 0.2) is 0 Å². The molecule has 10 nitrogen and oxygen atoms in total. The first-order valence-electron chi connectivity index (χ1n) is 25.5. The SMILES string of the molecule is C=CCOC12Oc3ccc(Oc4ccc(-c5ccccc5)cc4)cc3C3C(CCCCO)C(CCCCO)C=C(C(=NOC(C)(C)C)CC1N(C)C(=O)OCCCCCCCCCCCC)C32. The predicted octanol–water partition coefficient (Wildman–Crippen LogP) is 13.6. The predicted molar refractivity (Wildman–Crippen MR) is 269 cm³/mol. The Hall–Kier alpha value is -4.64. The molecule has 366 valence electrons. The molecular weight excluding hydrogens is 841 g/mol. The number of oxime groups is 1. The standard InChI is InChI=1S/C57H80N2O8/c1-7-9-10-11-12-13-14-15-16-24-38-63-55(62)59(6)52-41-50(58-67-56(3,4)5)48-39-44(27-20-22-35-60)47(28-21-23-36-61)53-49-40-46(33-34-51(49)66-57(52,54(48)53)64-37-8-2)65-45-31-29-43(30-32-45)42-25-18-17-19-26-42/h8,17-19,25-26,29-34,39-40,44,47,52-54,60-61H,2,7,9-16,20-24,27-28,35-38,41H2,1,3-6H3. The van der Waals surface area contributed by atoms with Crippen molar-refractivity contribution >= 4 is 11.8 Å². The van der Waals surface area contributed by atoms with E-state index in [1.165, 1.54) is 44.9 Å². The molecule has 6 rings (SSSR count). The van der Waals surface area contributed by atoms with Crippen molar-refractivity contribution in [3.63, 3.8) is 0 Å². The van der Waals surface area contributed by atoms with Gasteiger partial charge in [0.25, 0.3) is 0 Å². The number of hydrogen-bond donors (Lipinski definition) is 2. The first-order valence-corrected chi connectivity index (χ1v) is 25.5. The molecule has 67 heavy (non-hydrogen) atoms. The molecule has 1 heterocycles. The molecule has 0 radical (unpaired) electrons. The Morgan fingerprint density at radius 3 is 2.13 bits per heavy atom. The van der Waals surface area contributed by atoms with Crippen LogP contribution in [0.3, 0.4) is 0 Å². The number of aliphatic hydroxyl groups is 2. The molecule has 0 saturated heterocycles. The van der Waals surface area contributed by atoms with Gasteiger partial charge in [-0.2, -0.15) is 0 Å². The maximum absolute atomic E-state index is 14.3. The van der Waals surface area contributed by atoms with E-state index < -0.39 is 29.4 Å². The number of fused-ring (bicyclic) bond motifs is 2. The van der Waals surface area contributed by atoms with Crippen molar-refractivity contribution in [2.75, 3.05) is 33.5 Å². The zero-order valence-corrected chi connectivity index (χ0v) is 41.3. The number of carbonyl (C=O) groups is 1. The molecule has 1 saturated carbocycles. The van der Waals surface area contributed by atoms with Gasteiger partial charge in [0.2, 0.25) is 5.79 Å². The minimum Gasteiger partial charge on any atom is -0.459 e. The average Bonchev–Trinajstić information content (AvgIpc) is 3.33. The van der Waals surface area contributed by atoms with E-state index in [0.29, 0.717) is 37.4 Å². The number of nitrogens with zero attached hydrogens (tertiary/aromatic N) is 2. The lowest BCUT2D eigenvalue weighted by Crippen LogP contribution is -2.69. The van der Waals surface area contributed by atoms with E-state index in [-0.39, 0.29) is 37.6 Å². The summed E-state index contributed by atoms with van der Waals surface area (Å²) in [6.07, 6.45) is 20.7. The molecule has 1 fully saturated rings. The number of benzene rings is 3. The lowest BCUT2D eigenvalue weighted by atomic mass is 9.55. The minimum absolute atomic E-state index is 0.0888. The maximum Gasteiger partial charge on any atom is 0.409 e. The lowest BCUT2D eigenvalue weighted by Gasteiger charge is -2.59. The fourth-order valence-corrected chi connectivity index (χ4v) is 10.4. The van der Waals surface area contributed by atoms with Gasteiger partial charge in [-0.15, -0.1) is 6.58 Å². The van der Waals surface area contributed by atoms with E-state index in [2.05, 4.69) is 49.9 Å². The first kappa shape index (κ1) is 51.7. The Morgan fingerprint density at radius 2 is 1.48 bits per heavy atom. The van der Waals surface area contributed by atoms with Crippen LogP contribution in [-0.2, 0) is 14.3 Å². The number of amides is 1. The van der Waals surface area contributed by atoms with Gasteiger partial charge >= 0.3 is 6.09 Å². The number of hydrogen-bond acceptors (Lipinski definition) is 9. The highest BCUT2D eigenvalue weighted by Gasteiger charge is 2.65. The van der Waals surface area contributed by atoms with E-state index in [4.69, 9.17) is 28.9 Å². The van der Waals surface area contributed by atoms with E-state index in [9.17, 15) is 15.0 Å². The van der Waals surface area contributed by atoms with E-state index >= 15 is 0 Å². The van der Waals surface area contributed by atoms with Crippen molar-refractivity contribution < 1.29 is 38.8 Å². The molecule has 0 spiro atoms. The van der Waals surface area contributed by atoms with Gasteiger partial charge < -0.3 is 38.9 Å². The van der Waals surface area contributed by atoms with Crippen molar-refractivity contribution in [3.05, 3.63) is 103 Å². The molecule has 3 aromatic rings. The molecule has 10 heteroatoms. The molecule has 6 atom stereocenters. The highest BCUT2D eigenvalue weighted by atomic mass is 16.7. The number of rotatable bonds is 27. The number of allylic oxidation sites excluding steroid dienone is 1. The second-order valence-electron chi connectivity index (χ2n) is 19.9. The van der Waals surface area contributed by atoms with Crippen molar-refractivity contribution in [1.82, 2.24) is 4.90 Å². The average molecular weight is 921 g/mol. The second-order valence-corrected chi connectivity index (χ2v) is 19.9. The Bertz CT molecular complexity index is 2040. The summed E-state index contributed by atoms with van der Waals surface area (Å²) in [6, 6.07) is 23.8. The summed E-state index contributed by atoms with van der Waals surface area (Å²) in [4.78, 5) is 22.2. The number of aliphatic hydroxyl groups excluding tert-OH is 2. The summed E-state index contributed by atoms with van der Waals surface area (Å²) in [7, 11) is 1.79. The molecule has 3 aromatic carbocycles. The Kier molecular flexibility index (Phi) is 19.8. The smallest absolute Gasteiger partial charge is 0.409 e. The fourth-order valence-electron chi connectivity index (χ4n) is 10.4. The normalized spacial score (nSPS) is 22.5. The van der Waals surface area contributed by atoms with Gasteiger partial charge in [0, 0.05) is 38.2 Å². The largest absolute Gasteiger partial charge is 0.459 e. The first-order chi connectivity index (χ1) is 32.5. The zero-order valence-electron chi connectivity index (χ0n) is 41.3. The van der Waals surface area contributed by atoms with Crippen molar-refractivity contribution in [2.24, 2.45) is 22.9 Å². The van der Waals surface area contributed by atoms with Crippen molar-refractivity contribution in [2.45, 2.75) is 160 Å². The third-order valence-corrected chi connectivity index (χ3v) is 13.8. The summed E-state index contributed by atoms with van der Waals surface area (Å²) in [5.74, 6) is 0.315.